The number of urea groups is 1. The zero-order chi connectivity index (χ0) is 14.5. The van der Waals surface area contributed by atoms with Crippen LogP contribution < -0.4 is 5.32 Å². The molecule has 2 amide bonds. The molecule has 1 saturated carbocycles. The molecule has 1 aromatic rings. The maximum absolute atomic E-state index is 12.0. The first-order chi connectivity index (χ1) is 9.54. The second kappa shape index (κ2) is 6.31. The van der Waals surface area contributed by atoms with Gasteiger partial charge < -0.3 is 15.3 Å². The number of hydrogen-bond acceptors (Lipinski definition) is 4. The third-order valence-corrected chi connectivity index (χ3v) is 3.04. The van der Waals surface area contributed by atoms with E-state index in [2.05, 4.69) is 15.3 Å². The number of rotatable bonds is 6. The lowest BCUT2D eigenvalue weighted by Gasteiger charge is -2.20. The molecule has 0 unspecified atom stereocenters. The van der Waals surface area contributed by atoms with E-state index in [-0.39, 0.29) is 19.1 Å². The van der Waals surface area contributed by atoms with Crippen LogP contribution in [-0.4, -0.2) is 45.1 Å². The highest BCUT2D eigenvalue weighted by Crippen LogP contribution is 2.29. The number of aryl methyl sites for hydroxylation is 1. The summed E-state index contributed by atoms with van der Waals surface area (Å²) in [6.07, 6.45) is 3.76. The fourth-order valence-electron chi connectivity index (χ4n) is 1.88. The van der Waals surface area contributed by atoms with Crippen LogP contribution in [0, 0.1) is 12.8 Å². The highest BCUT2D eigenvalue weighted by Gasteiger charge is 2.27. The van der Waals surface area contributed by atoms with Crippen LogP contribution >= 0.6 is 0 Å². The average Bonchev–Trinajstić information content (AvgIpc) is 3.19. The van der Waals surface area contributed by atoms with Gasteiger partial charge in [0.05, 0.1) is 12.2 Å². The van der Waals surface area contributed by atoms with Gasteiger partial charge >= 0.3 is 12.0 Å². The first-order valence-corrected chi connectivity index (χ1v) is 6.57. The Hall–Kier alpha value is -2.18. The van der Waals surface area contributed by atoms with E-state index in [9.17, 15) is 9.59 Å². The second-order valence-electron chi connectivity index (χ2n) is 4.97. The third-order valence-electron chi connectivity index (χ3n) is 3.04. The van der Waals surface area contributed by atoms with Crippen molar-refractivity contribution in [3.05, 3.63) is 23.8 Å². The van der Waals surface area contributed by atoms with E-state index in [1.165, 1.54) is 4.90 Å². The van der Waals surface area contributed by atoms with Gasteiger partial charge in [-0.15, -0.1) is 0 Å². The minimum absolute atomic E-state index is 0.267. The van der Waals surface area contributed by atoms with Crippen LogP contribution in [0.3, 0.4) is 0 Å². The molecule has 2 rings (SSSR count). The Balaban J connectivity index is 1.88. The molecule has 0 saturated heterocycles. The lowest BCUT2D eigenvalue weighted by molar-refractivity contribution is -0.137. The number of carboxylic acid groups (broad SMARTS) is 1. The molecule has 2 N–H and O–H groups in total. The predicted molar refractivity (Wildman–Crippen MR) is 70.9 cm³/mol. The SMILES string of the molecule is Cc1nccc(CNC(=O)N(CC(=O)O)CC2CC2)n1. The van der Waals surface area contributed by atoms with Crippen LogP contribution in [0.5, 0.6) is 0 Å². The zero-order valence-electron chi connectivity index (χ0n) is 11.4. The van der Waals surface area contributed by atoms with Gasteiger partial charge in [-0.3, -0.25) is 4.79 Å². The van der Waals surface area contributed by atoms with E-state index in [0.717, 1.165) is 12.8 Å². The summed E-state index contributed by atoms with van der Waals surface area (Å²) >= 11 is 0. The molecule has 0 aromatic carbocycles. The van der Waals surface area contributed by atoms with Crippen molar-refractivity contribution in [1.82, 2.24) is 20.2 Å². The van der Waals surface area contributed by atoms with Gasteiger partial charge in [0.15, 0.2) is 0 Å². The number of nitrogens with one attached hydrogen (secondary N) is 1. The number of aliphatic carboxylic acids is 1. The molecule has 1 aliphatic rings. The fraction of sp³-hybridized carbons (Fsp3) is 0.538. The quantitative estimate of drug-likeness (QED) is 0.802. The van der Waals surface area contributed by atoms with Crippen LogP contribution in [0.4, 0.5) is 4.79 Å². The normalized spacial score (nSPS) is 13.8. The van der Waals surface area contributed by atoms with E-state index in [0.29, 0.717) is 24.0 Å². The molecule has 0 atom stereocenters. The maximum atomic E-state index is 12.0. The second-order valence-corrected chi connectivity index (χ2v) is 4.97. The van der Waals surface area contributed by atoms with Crippen molar-refractivity contribution >= 4 is 12.0 Å². The molecule has 0 spiro atoms. The van der Waals surface area contributed by atoms with Crippen LogP contribution in [0.25, 0.3) is 0 Å². The highest BCUT2D eigenvalue weighted by atomic mass is 16.4. The minimum atomic E-state index is -1.00. The molecule has 1 heterocycles. The largest absolute Gasteiger partial charge is 0.480 e. The smallest absolute Gasteiger partial charge is 0.323 e. The third kappa shape index (κ3) is 4.49. The van der Waals surface area contributed by atoms with Crippen LogP contribution in [0.1, 0.15) is 24.4 Å². The van der Waals surface area contributed by atoms with Crippen LogP contribution in [-0.2, 0) is 11.3 Å². The summed E-state index contributed by atoms with van der Waals surface area (Å²) in [5.41, 5.74) is 0.701. The standard InChI is InChI=1S/C13H18N4O3/c1-9-14-5-4-11(16-9)6-15-13(20)17(8-12(18)19)7-10-2-3-10/h4-5,10H,2-3,6-8H2,1H3,(H,15,20)(H,18,19). The van der Waals surface area contributed by atoms with E-state index < -0.39 is 5.97 Å². The summed E-state index contributed by atoms with van der Waals surface area (Å²) in [4.78, 5) is 32.3. The summed E-state index contributed by atoms with van der Waals surface area (Å²) in [5.74, 6) is 0.0807. The number of aromatic nitrogens is 2. The van der Waals surface area contributed by atoms with Crippen molar-refractivity contribution < 1.29 is 14.7 Å². The molecular formula is C13H18N4O3. The summed E-state index contributed by atoms with van der Waals surface area (Å²) in [6.45, 7) is 2.27. The molecule has 108 valence electrons. The number of carbonyl (C=O) groups excluding carboxylic acids is 1. The fourth-order valence-corrected chi connectivity index (χ4v) is 1.88. The van der Waals surface area contributed by atoms with Gasteiger partial charge in [-0.2, -0.15) is 0 Å². The van der Waals surface area contributed by atoms with Crippen LogP contribution in [0.15, 0.2) is 12.3 Å². The number of carbonyl (C=O) groups is 2. The van der Waals surface area contributed by atoms with Gasteiger partial charge in [0.1, 0.15) is 12.4 Å². The number of nitrogens with zero attached hydrogens (tertiary/aromatic N) is 3. The molecule has 20 heavy (non-hydrogen) atoms. The summed E-state index contributed by atoms with van der Waals surface area (Å²) in [5, 5.41) is 11.5. The lowest BCUT2D eigenvalue weighted by Crippen LogP contribution is -2.43. The minimum Gasteiger partial charge on any atom is -0.480 e. The average molecular weight is 278 g/mol. The molecule has 0 aliphatic heterocycles. The van der Waals surface area contributed by atoms with Gasteiger partial charge in [-0.1, -0.05) is 0 Å². The first kappa shape index (κ1) is 14.2. The van der Waals surface area contributed by atoms with Gasteiger partial charge in [-0.25, -0.2) is 14.8 Å². The molecule has 7 nitrogen and oxygen atoms in total. The maximum Gasteiger partial charge on any atom is 0.323 e. The molecule has 1 aliphatic carbocycles. The van der Waals surface area contributed by atoms with Gasteiger partial charge in [-0.05, 0) is 31.7 Å². The monoisotopic (exact) mass is 278 g/mol. The van der Waals surface area contributed by atoms with Crippen molar-refractivity contribution in [3.8, 4) is 0 Å². The van der Waals surface area contributed by atoms with E-state index >= 15 is 0 Å². The first-order valence-electron chi connectivity index (χ1n) is 6.57. The Kier molecular flexibility index (Phi) is 4.49. The summed E-state index contributed by atoms with van der Waals surface area (Å²) in [6, 6.07) is 1.35. The van der Waals surface area contributed by atoms with Crippen molar-refractivity contribution in [3.63, 3.8) is 0 Å². The summed E-state index contributed by atoms with van der Waals surface area (Å²) in [7, 11) is 0. The van der Waals surface area contributed by atoms with Crippen LogP contribution in [0.2, 0.25) is 0 Å². The number of hydrogen-bond donors (Lipinski definition) is 2. The number of amides is 2. The molecule has 0 radical (unpaired) electrons. The molecule has 0 bridgehead atoms. The molecule has 7 heteroatoms. The number of carboxylic acids is 1. The molecular weight excluding hydrogens is 260 g/mol. The zero-order valence-corrected chi connectivity index (χ0v) is 11.4. The Morgan fingerprint density at radius 3 is 2.85 bits per heavy atom. The highest BCUT2D eigenvalue weighted by molar-refractivity contribution is 5.80. The Bertz CT molecular complexity index is 502. The van der Waals surface area contributed by atoms with E-state index in [1.54, 1.807) is 19.2 Å². The van der Waals surface area contributed by atoms with Gasteiger partial charge in [0.25, 0.3) is 0 Å². The Morgan fingerprint density at radius 1 is 1.50 bits per heavy atom. The Morgan fingerprint density at radius 2 is 2.25 bits per heavy atom. The van der Waals surface area contributed by atoms with Crippen molar-refractivity contribution in [2.45, 2.75) is 26.3 Å². The van der Waals surface area contributed by atoms with Gasteiger partial charge in [0.2, 0.25) is 0 Å². The van der Waals surface area contributed by atoms with Gasteiger partial charge in [0, 0.05) is 12.7 Å². The van der Waals surface area contributed by atoms with Crippen molar-refractivity contribution in [2.24, 2.45) is 5.92 Å². The summed E-state index contributed by atoms with van der Waals surface area (Å²) < 4.78 is 0. The van der Waals surface area contributed by atoms with Crippen molar-refractivity contribution in [1.29, 1.82) is 0 Å². The Labute approximate surface area is 117 Å². The lowest BCUT2D eigenvalue weighted by atomic mass is 10.3. The predicted octanol–water partition coefficient (Wildman–Crippen LogP) is 0.791. The molecule has 1 aromatic heterocycles. The topological polar surface area (TPSA) is 95.4 Å². The molecule has 1 fully saturated rings. The van der Waals surface area contributed by atoms with E-state index in [4.69, 9.17) is 5.11 Å². The van der Waals surface area contributed by atoms with Crippen molar-refractivity contribution in [2.75, 3.05) is 13.1 Å². The van der Waals surface area contributed by atoms with E-state index in [1.807, 2.05) is 0 Å².